The van der Waals surface area contributed by atoms with Gasteiger partial charge in [-0.15, -0.1) is 5.10 Å². The van der Waals surface area contributed by atoms with Gasteiger partial charge in [0, 0.05) is 12.7 Å². The minimum atomic E-state index is -0.481. The fraction of sp³-hybridized carbons (Fsp3) is 0.267. The van der Waals surface area contributed by atoms with Gasteiger partial charge in [-0.1, -0.05) is 28.1 Å². The van der Waals surface area contributed by atoms with E-state index in [9.17, 15) is 4.79 Å². The highest BCUT2D eigenvalue weighted by atomic mass is 79.9. The quantitative estimate of drug-likeness (QED) is 0.129. The highest BCUT2D eigenvalue weighted by Crippen LogP contribution is 2.30. The summed E-state index contributed by atoms with van der Waals surface area (Å²) in [6.45, 7) is 0.415. The number of nitrogens with one attached hydrogen (secondary N) is 1. The second kappa shape index (κ2) is 12.9. The van der Waals surface area contributed by atoms with E-state index in [1.165, 1.54) is 10.7 Å². The second-order valence-corrected chi connectivity index (χ2v) is 10.4. The predicted molar refractivity (Wildman–Crippen MR) is 160 cm³/mol. The molecule has 3 aromatic heterocycles. The van der Waals surface area contributed by atoms with E-state index in [2.05, 4.69) is 36.3 Å². The number of aryl methyl sites for hydroxylation is 1. The molecular weight excluding hydrogens is 606 g/mol. The van der Waals surface area contributed by atoms with E-state index in [1.807, 2.05) is 36.4 Å². The lowest BCUT2D eigenvalue weighted by Gasteiger charge is -2.13. The number of aromatic nitrogens is 4. The van der Waals surface area contributed by atoms with Crippen LogP contribution in [-0.2, 0) is 13.0 Å². The van der Waals surface area contributed by atoms with Gasteiger partial charge in [-0.3, -0.25) is 4.79 Å². The van der Waals surface area contributed by atoms with E-state index in [0.29, 0.717) is 71.1 Å². The van der Waals surface area contributed by atoms with Crippen LogP contribution >= 0.6 is 15.9 Å². The van der Waals surface area contributed by atoms with E-state index in [-0.39, 0.29) is 5.78 Å². The van der Waals surface area contributed by atoms with Crippen LogP contribution in [0.25, 0.3) is 17.2 Å². The molecule has 0 aliphatic carbocycles. The summed E-state index contributed by atoms with van der Waals surface area (Å²) in [7, 11) is 6.37. The number of ketones is 1. The second-order valence-electron chi connectivity index (χ2n) is 9.25. The van der Waals surface area contributed by atoms with Gasteiger partial charge in [0.25, 0.3) is 0 Å². The number of carbonyl (C=O) groups is 1. The van der Waals surface area contributed by atoms with Crippen LogP contribution in [0.5, 0.6) is 23.0 Å². The first kappa shape index (κ1) is 28.9. The van der Waals surface area contributed by atoms with Crippen molar-refractivity contribution in [2.24, 2.45) is 0 Å². The highest BCUT2D eigenvalue weighted by Gasteiger charge is 2.24. The zero-order valence-corrected chi connectivity index (χ0v) is 25.2. The smallest absolute Gasteiger partial charge is 0.226 e. The largest absolute Gasteiger partial charge is 0.493 e. The highest BCUT2D eigenvalue weighted by molar-refractivity contribution is 9.10. The van der Waals surface area contributed by atoms with Crippen LogP contribution in [0.15, 0.2) is 65.4 Å². The number of fused-ring (bicyclic) bond motifs is 1. The lowest BCUT2D eigenvalue weighted by Crippen LogP contribution is -2.18. The molecule has 0 aliphatic rings. The third-order valence-corrected chi connectivity index (χ3v) is 7.56. The SMILES string of the molecule is COc1ccc(CCC(Br)C(=O)c2cnc(NCc3ccc(OC)c(OC)c3)n3nc(-c4ccco4)nc23)cc1OC. The van der Waals surface area contributed by atoms with E-state index in [4.69, 9.17) is 23.4 Å². The van der Waals surface area contributed by atoms with Gasteiger partial charge in [0.2, 0.25) is 11.8 Å². The number of benzene rings is 2. The molecule has 11 nitrogen and oxygen atoms in total. The van der Waals surface area contributed by atoms with Gasteiger partial charge in [0.1, 0.15) is 0 Å². The molecule has 0 saturated carbocycles. The Bertz CT molecular complexity index is 1690. The summed E-state index contributed by atoms with van der Waals surface area (Å²) in [6.07, 6.45) is 4.25. The monoisotopic (exact) mass is 635 g/mol. The maximum Gasteiger partial charge on any atom is 0.226 e. The first-order valence-corrected chi connectivity index (χ1v) is 14.0. The van der Waals surface area contributed by atoms with Crippen LogP contribution < -0.4 is 24.3 Å². The van der Waals surface area contributed by atoms with Gasteiger partial charge in [0.15, 0.2) is 40.2 Å². The zero-order valence-electron chi connectivity index (χ0n) is 23.6. The number of Topliss-reactive ketones (excluding diaryl/α,β-unsaturated/α-hetero) is 1. The Balaban J connectivity index is 1.40. The predicted octanol–water partition coefficient (Wildman–Crippen LogP) is 5.61. The molecule has 0 spiro atoms. The van der Waals surface area contributed by atoms with Crippen LogP contribution in [0.3, 0.4) is 0 Å². The van der Waals surface area contributed by atoms with Crippen LogP contribution in [0.4, 0.5) is 5.95 Å². The molecule has 12 heteroatoms. The number of methoxy groups -OCH3 is 4. The molecule has 2 aromatic carbocycles. The van der Waals surface area contributed by atoms with E-state index >= 15 is 0 Å². The average Bonchev–Trinajstić information content (AvgIpc) is 3.73. The molecule has 0 saturated heterocycles. The van der Waals surface area contributed by atoms with Gasteiger partial charge in [0.05, 0.1) is 45.1 Å². The summed E-state index contributed by atoms with van der Waals surface area (Å²) in [6, 6.07) is 14.9. The Hall–Kier alpha value is -4.58. The molecule has 5 aromatic rings. The Morgan fingerprint density at radius 1 is 0.952 bits per heavy atom. The number of hydrogen-bond donors (Lipinski definition) is 1. The molecule has 5 rings (SSSR count). The molecular formula is C30H30BrN5O6. The standard InChI is InChI=1S/C30H30BrN5O6/c1-38-22-11-8-18(14-25(22)40-3)7-10-21(31)27(37)20-17-33-30(32-16-19-9-12-23(39-2)26(15-19)41-4)36-29(20)34-28(35-36)24-6-5-13-42-24/h5-6,8-9,11-15,17,21H,7,10,16H2,1-4H3,(H,32,33). The summed E-state index contributed by atoms with van der Waals surface area (Å²) in [5, 5.41) is 7.90. The maximum absolute atomic E-state index is 13.6. The number of ether oxygens (including phenoxy) is 4. The first-order chi connectivity index (χ1) is 20.4. The fourth-order valence-corrected chi connectivity index (χ4v) is 4.95. The Labute approximate surface area is 250 Å². The number of hydrogen-bond acceptors (Lipinski definition) is 10. The molecule has 1 unspecified atom stereocenters. The molecule has 1 N–H and O–H groups in total. The molecule has 0 fully saturated rings. The molecule has 0 aliphatic heterocycles. The number of carbonyl (C=O) groups excluding carboxylic acids is 1. The summed E-state index contributed by atoms with van der Waals surface area (Å²) >= 11 is 3.59. The normalized spacial score (nSPS) is 11.7. The molecule has 0 bridgehead atoms. The molecule has 42 heavy (non-hydrogen) atoms. The van der Waals surface area contributed by atoms with Crippen molar-refractivity contribution in [3.05, 3.63) is 77.7 Å². The average molecular weight is 637 g/mol. The van der Waals surface area contributed by atoms with Gasteiger partial charge < -0.3 is 28.7 Å². The summed E-state index contributed by atoms with van der Waals surface area (Å²) in [5.74, 6) is 3.63. The van der Waals surface area contributed by atoms with Crippen molar-refractivity contribution in [1.82, 2.24) is 19.6 Å². The summed E-state index contributed by atoms with van der Waals surface area (Å²) < 4.78 is 28.5. The molecule has 1 atom stereocenters. The Morgan fingerprint density at radius 3 is 2.26 bits per heavy atom. The van der Waals surface area contributed by atoms with Crippen molar-refractivity contribution in [2.45, 2.75) is 24.2 Å². The molecule has 0 radical (unpaired) electrons. The molecule has 3 heterocycles. The minimum absolute atomic E-state index is 0.155. The van der Waals surface area contributed by atoms with Crippen molar-refractivity contribution < 1.29 is 28.2 Å². The third kappa shape index (κ3) is 6.03. The Morgan fingerprint density at radius 2 is 1.62 bits per heavy atom. The van der Waals surface area contributed by atoms with Crippen LogP contribution in [0, 0.1) is 0 Å². The van der Waals surface area contributed by atoms with E-state index in [1.54, 1.807) is 46.8 Å². The van der Waals surface area contributed by atoms with Gasteiger partial charge in [-0.05, 0) is 60.4 Å². The van der Waals surface area contributed by atoms with Crippen molar-refractivity contribution in [3.8, 4) is 34.6 Å². The van der Waals surface area contributed by atoms with Crippen molar-refractivity contribution >= 4 is 33.3 Å². The van der Waals surface area contributed by atoms with Gasteiger partial charge >= 0.3 is 0 Å². The number of rotatable bonds is 13. The number of alkyl halides is 1. The zero-order chi connectivity index (χ0) is 29.6. The first-order valence-electron chi connectivity index (χ1n) is 13.1. The van der Waals surface area contributed by atoms with Gasteiger partial charge in [-0.25, -0.2) is 9.97 Å². The third-order valence-electron chi connectivity index (χ3n) is 6.69. The number of anilines is 1. The van der Waals surface area contributed by atoms with Crippen LogP contribution in [0.2, 0.25) is 0 Å². The maximum atomic E-state index is 13.6. The fourth-order valence-electron chi connectivity index (χ4n) is 4.48. The number of nitrogens with zero attached hydrogens (tertiary/aromatic N) is 4. The lowest BCUT2D eigenvalue weighted by atomic mass is 10.0. The van der Waals surface area contributed by atoms with Crippen molar-refractivity contribution in [2.75, 3.05) is 33.8 Å². The van der Waals surface area contributed by atoms with E-state index < -0.39 is 4.83 Å². The summed E-state index contributed by atoms with van der Waals surface area (Å²) in [5.41, 5.74) is 2.66. The number of halogens is 1. The number of furan rings is 1. The summed E-state index contributed by atoms with van der Waals surface area (Å²) in [4.78, 5) is 22.4. The van der Waals surface area contributed by atoms with Crippen molar-refractivity contribution in [1.29, 1.82) is 0 Å². The Kier molecular flexibility index (Phi) is 8.91. The van der Waals surface area contributed by atoms with Crippen molar-refractivity contribution in [3.63, 3.8) is 0 Å². The molecule has 0 amide bonds. The van der Waals surface area contributed by atoms with Crippen LogP contribution in [-0.4, -0.2) is 58.6 Å². The lowest BCUT2D eigenvalue weighted by molar-refractivity contribution is 0.0989. The van der Waals surface area contributed by atoms with Crippen LogP contribution in [0.1, 0.15) is 27.9 Å². The minimum Gasteiger partial charge on any atom is -0.493 e. The topological polar surface area (TPSA) is 122 Å². The molecule has 218 valence electrons. The van der Waals surface area contributed by atoms with Gasteiger partial charge in [-0.2, -0.15) is 4.52 Å². The van der Waals surface area contributed by atoms with E-state index in [0.717, 1.165) is 11.1 Å².